The van der Waals surface area contributed by atoms with Gasteiger partial charge in [0, 0.05) is 32.2 Å². The fraction of sp³-hybridized carbons (Fsp3) is 0.300. The SMILES string of the molecule is COc1ccc(Br)cc1[C@@H]1Nc2c(C)ccc(Cl)c2[C@@H]2C=CC[C@@H]21. The lowest BCUT2D eigenvalue weighted by atomic mass is 9.76. The van der Waals surface area contributed by atoms with E-state index < -0.39 is 0 Å². The molecule has 1 heterocycles. The van der Waals surface area contributed by atoms with E-state index in [1.54, 1.807) is 7.11 Å². The Morgan fingerprint density at radius 2 is 2.08 bits per heavy atom. The predicted molar refractivity (Wildman–Crippen MR) is 103 cm³/mol. The number of aryl methyl sites for hydroxylation is 1. The first-order valence-corrected chi connectivity index (χ1v) is 9.33. The van der Waals surface area contributed by atoms with E-state index in [4.69, 9.17) is 16.3 Å². The molecule has 0 unspecified atom stereocenters. The maximum absolute atomic E-state index is 6.55. The highest BCUT2D eigenvalue weighted by Gasteiger charge is 2.40. The van der Waals surface area contributed by atoms with Crippen LogP contribution in [0.2, 0.25) is 5.02 Å². The van der Waals surface area contributed by atoms with Gasteiger partial charge in [0.2, 0.25) is 0 Å². The maximum Gasteiger partial charge on any atom is 0.124 e. The molecule has 0 radical (unpaired) electrons. The minimum atomic E-state index is 0.196. The number of anilines is 1. The quantitative estimate of drug-likeness (QED) is 0.598. The molecular formula is C20H19BrClNO. The second-order valence-electron chi connectivity index (χ2n) is 6.51. The molecule has 1 aliphatic heterocycles. The van der Waals surface area contributed by atoms with E-state index in [1.165, 1.54) is 22.4 Å². The second-order valence-corrected chi connectivity index (χ2v) is 7.84. The van der Waals surface area contributed by atoms with Crippen molar-refractivity contribution in [1.29, 1.82) is 0 Å². The summed E-state index contributed by atoms with van der Waals surface area (Å²) in [5, 5.41) is 4.62. The van der Waals surface area contributed by atoms with Crippen LogP contribution in [0, 0.1) is 12.8 Å². The Balaban J connectivity index is 1.88. The number of nitrogens with one attached hydrogen (secondary N) is 1. The third kappa shape index (κ3) is 2.46. The van der Waals surface area contributed by atoms with Gasteiger partial charge < -0.3 is 10.1 Å². The van der Waals surface area contributed by atoms with Crippen LogP contribution in [0.5, 0.6) is 5.75 Å². The lowest BCUT2D eigenvalue weighted by Crippen LogP contribution is -2.30. The number of allylic oxidation sites excluding steroid dienone is 2. The van der Waals surface area contributed by atoms with Crippen molar-refractivity contribution in [2.75, 3.05) is 12.4 Å². The zero-order chi connectivity index (χ0) is 16.8. The number of fused-ring (bicyclic) bond motifs is 3. The molecule has 4 heteroatoms. The van der Waals surface area contributed by atoms with Gasteiger partial charge in [0.15, 0.2) is 0 Å². The van der Waals surface area contributed by atoms with Gasteiger partial charge in [-0.25, -0.2) is 0 Å². The molecule has 24 heavy (non-hydrogen) atoms. The average molecular weight is 405 g/mol. The summed E-state index contributed by atoms with van der Waals surface area (Å²) in [4.78, 5) is 0. The van der Waals surface area contributed by atoms with E-state index in [-0.39, 0.29) is 6.04 Å². The number of methoxy groups -OCH3 is 1. The molecule has 0 fully saturated rings. The van der Waals surface area contributed by atoms with E-state index in [0.717, 1.165) is 21.7 Å². The fourth-order valence-electron chi connectivity index (χ4n) is 4.07. The van der Waals surface area contributed by atoms with Crippen LogP contribution in [0.1, 0.15) is 35.1 Å². The van der Waals surface area contributed by atoms with Gasteiger partial charge in [0.05, 0.1) is 13.2 Å². The predicted octanol–water partition coefficient (Wildman–Crippen LogP) is 6.25. The molecule has 0 amide bonds. The molecule has 0 saturated carbocycles. The molecule has 2 aromatic carbocycles. The maximum atomic E-state index is 6.55. The molecule has 0 bridgehead atoms. The second kappa shape index (κ2) is 6.12. The summed E-state index contributed by atoms with van der Waals surface area (Å²) in [5.41, 5.74) is 4.82. The van der Waals surface area contributed by atoms with Crippen LogP contribution >= 0.6 is 27.5 Å². The van der Waals surface area contributed by atoms with Gasteiger partial charge in [-0.3, -0.25) is 0 Å². The number of benzene rings is 2. The zero-order valence-electron chi connectivity index (χ0n) is 13.6. The third-order valence-electron chi connectivity index (χ3n) is 5.20. The number of ether oxygens (including phenoxy) is 1. The molecule has 4 rings (SSSR count). The van der Waals surface area contributed by atoms with Crippen LogP contribution < -0.4 is 10.1 Å². The Hall–Kier alpha value is -1.45. The van der Waals surface area contributed by atoms with Crippen molar-refractivity contribution in [3.63, 3.8) is 0 Å². The first kappa shape index (κ1) is 16.0. The van der Waals surface area contributed by atoms with E-state index in [9.17, 15) is 0 Å². The van der Waals surface area contributed by atoms with Crippen molar-refractivity contribution in [1.82, 2.24) is 0 Å². The summed E-state index contributed by atoms with van der Waals surface area (Å²) in [6.45, 7) is 2.14. The van der Waals surface area contributed by atoms with E-state index in [2.05, 4.69) is 52.5 Å². The van der Waals surface area contributed by atoms with Crippen molar-refractivity contribution in [3.8, 4) is 5.75 Å². The lowest BCUT2D eigenvalue weighted by Gasteiger charge is -2.39. The molecule has 0 aromatic heterocycles. The first-order chi connectivity index (χ1) is 11.6. The van der Waals surface area contributed by atoms with Crippen molar-refractivity contribution >= 4 is 33.2 Å². The van der Waals surface area contributed by atoms with Crippen molar-refractivity contribution in [2.24, 2.45) is 5.92 Å². The minimum absolute atomic E-state index is 0.196. The van der Waals surface area contributed by atoms with E-state index in [1.807, 2.05) is 18.2 Å². The summed E-state index contributed by atoms with van der Waals surface area (Å²) in [7, 11) is 1.73. The van der Waals surface area contributed by atoms with Crippen molar-refractivity contribution in [2.45, 2.75) is 25.3 Å². The Bertz CT molecular complexity index is 833. The van der Waals surface area contributed by atoms with Gasteiger partial charge in [-0.1, -0.05) is 45.7 Å². The Labute approximate surface area is 156 Å². The molecule has 2 aromatic rings. The summed E-state index contributed by atoms with van der Waals surface area (Å²) in [6, 6.07) is 10.5. The van der Waals surface area contributed by atoms with Crippen LogP contribution in [0.4, 0.5) is 5.69 Å². The summed E-state index contributed by atoms with van der Waals surface area (Å²) in [5.74, 6) is 1.71. The van der Waals surface area contributed by atoms with Crippen LogP contribution in [-0.4, -0.2) is 7.11 Å². The van der Waals surface area contributed by atoms with Gasteiger partial charge >= 0.3 is 0 Å². The van der Waals surface area contributed by atoms with Gasteiger partial charge in [0.25, 0.3) is 0 Å². The summed E-state index contributed by atoms with van der Waals surface area (Å²) >= 11 is 10.2. The topological polar surface area (TPSA) is 21.3 Å². The van der Waals surface area contributed by atoms with Crippen LogP contribution in [0.3, 0.4) is 0 Å². The molecule has 0 spiro atoms. The average Bonchev–Trinajstić information content (AvgIpc) is 3.06. The monoisotopic (exact) mass is 403 g/mol. The van der Waals surface area contributed by atoms with Gasteiger partial charge in [-0.2, -0.15) is 0 Å². The molecule has 0 saturated heterocycles. The number of rotatable bonds is 2. The Kier molecular flexibility index (Phi) is 4.09. The number of hydrogen-bond donors (Lipinski definition) is 1. The fourth-order valence-corrected chi connectivity index (χ4v) is 4.73. The van der Waals surface area contributed by atoms with Crippen molar-refractivity contribution in [3.05, 3.63) is 68.7 Å². The Morgan fingerprint density at radius 1 is 1.25 bits per heavy atom. The highest BCUT2D eigenvalue weighted by Crippen LogP contribution is 2.53. The van der Waals surface area contributed by atoms with Crippen LogP contribution in [0.15, 0.2) is 47.0 Å². The van der Waals surface area contributed by atoms with Gasteiger partial charge in [-0.05, 0) is 49.1 Å². The highest BCUT2D eigenvalue weighted by atomic mass is 79.9. The molecule has 1 N–H and O–H groups in total. The molecular weight excluding hydrogens is 386 g/mol. The normalized spacial score (nSPS) is 24.2. The van der Waals surface area contributed by atoms with E-state index in [0.29, 0.717) is 11.8 Å². The van der Waals surface area contributed by atoms with Gasteiger partial charge in [-0.15, -0.1) is 0 Å². The zero-order valence-corrected chi connectivity index (χ0v) is 16.0. The largest absolute Gasteiger partial charge is 0.496 e. The first-order valence-electron chi connectivity index (χ1n) is 8.15. The molecule has 2 aliphatic rings. The third-order valence-corrected chi connectivity index (χ3v) is 6.02. The smallest absolute Gasteiger partial charge is 0.124 e. The minimum Gasteiger partial charge on any atom is -0.496 e. The summed E-state index contributed by atoms with van der Waals surface area (Å²) in [6.07, 6.45) is 5.64. The highest BCUT2D eigenvalue weighted by molar-refractivity contribution is 9.10. The number of halogens is 2. The molecule has 124 valence electrons. The Morgan fingerprint density at radius 3 is 2.88 bits per heavy atom. The van der Waals surface area contributed by atoms with E-state index >= 15 is 0 Å². The molecule has 1 aliphatic carbocycles. The van der Waals surface area contributed by atoms with Gasteiger partial charge in [0.1, 0.15) is 5.75 Å². The van der Waals surface area contributed by atoms with Crippen LogP contribution in [-0.2, 0) is 0 Å². The van der Waals surface area contributed by atoms with Crippen molar-refractivity contribution < 1.29 is 4.74 Å². The summed E-state index contributed by atoms with van der Waals surface area (Å²) < 4.78 is 6.70. The molecule has 2 nitrogen and oxygen atoms in total. The van der Waals surface area contributed by atoms with Crippen LogP contribution in [0.25, 0.3) is 0 Å². The standard InChI is InChI=1S/C20H19BrClNO/c1-11-6-8-16(22)18-13-4-3-5-14(13)20(23-19(11)18)15-10-12(21)7-9-17(15)24-2/h3-4,6-10,13-14,20,23H,5H2,1-2H3/t13-,14+,20-/m1/s1. The molecule has 3 atom stereocenters. The lowest BCUT2D eigenvalue weighted by molar-refractivity contribution is 0.381. The number of hydrogen-bond acceptors (Lipinski definition) is 2.